The maximum atomic E-state index is 9.92. The van der Waals surface area contributed by atoms with Crippen molar-refractivity contribution >= 4 is 0 Å². The minimum Gasteiger partial charge on any atom is -0.331 e. The van der Waals surface area contributed by atoms with Crippen molar-refractivity contribution in [2.75, 3.05) is 0 Å². The molecule has 1 saturated carbocycles. The van der Waals surface area contributed by atoms with E-state index in [2.05, 4.69) is 20.9 Å². The number of rotatable bonds is 5. The van der Waals surface area contributed by atoms with Gasteiger partial charge in [0.15, 0.2) is 5.54 Å². The fourth-order valence-electron chi connectivity index (χ4n) is 2.61. The quantitative estimate of drug-likeness (QED) is 0.916. The van der Waals surface area contributed by atoms with Crippen LogP contribution in [0.25, 0.3) is 0 Å². The number of imidazole rings is 1. The summed E-state index contributed by atoms with van der Waals surface area (Å²) in [6.07, 6.45) is 4.13. The second-order valence-electron chi connectivity index (χ2n) is 5.85. The molecule has 0 saturated heterocycles. The lowest BCUT2D eigenvalue weighted by atomic mass is 9.90. The topological polar surface area (TPSA) is 53.6 Å². The summed E-state index contributed by atoms with van der Waals surface area (Å²) in [6, 6.07) is 13.0. The van der Waals surface area contributed by atoms with E-state index in [9.17, 15) is 5.26 Å². The molecule has 1 aliphatic rings. The van der Waals surface area contributed by atoms with E-state index in [-0.39, 0.29) is 0 Å². The second-order valence-corrected chi connectivity index (χ2v) is 5.85. The molecule has 0 spiro atoms. The lowest BCUT2D eigenvalue weighted by molar-refractivity contribution is 0.361. The molecule has 4 nitrogen and oxygen atoms in total. The molecule has 1 aliphatic carbocycles. The molecule has 0 aliphatic heterocycles. The summed E-state index contributed by atoms with van der Waals surface area (Å²) in [5.41, 5.74) is 2.45. The molecule has 1 unspecified atom stereocenters. The van der Waals surface area contributed by atoms with Crippen LogP contribution in [0.15, 0.2) is 36.7 Å². The van der Waals surface area contributed by atoms with Gasteiger partial charge in [-0.2, -0.15) is 5.26 Å². The average molecular weight is 280 g/mol. The molecule has 4 heteroatoms. The molecule has 1 atom stereocenters. The van der Waals surface area contributed by atoms with Gasteiger partial charge in [0.1, 0.15) is 0 Å². The molecule has 1 N–H and O–H groups in total. The Balaban J connectivity index is 1.99. The Kier molecular flexibility index (Phi) is 3.52. The number of nitriles is 1. The fourth-order valence-corrected chi connectivity index (χ4v) is 2.61. The lowest BCUT2D eigenvalue weighted by Crippen LogP contribution is -2.46. The van der Waals surface area contributed by atoms with Crippen LogP contribution >= 0.6 is 0 Å². The van der Waals surface area contributed by atoms with Crippen molar-refractivity contribution in [3.63, 3.8) is 0 Å². The SMILES string of the molecule is Cc1ncn(CC(C#N)(NC2CC2)c2ccccc2)c1C. The zero-order chi connectivity index (χ0) is 14.9. The predicted molar refractivity (Wildman–Crippen MR) is 81.6 cm³/mol. The fraction of sp³-hybridized carbons (Fsp3) is 0.412. The first kappa shape index (κ1) is 13.8. The maximum absolute atomic E-state index is 9.92. The summed E-state index contributed by atoms with van der Waals surface area (Å²) >= 11 is 0. The lowest BCUT2D eigenvalue weighted by Gasteiger charge is -2.29. The average Bonchev–Trinajstić information content (AvgIpc) is 3.28. The van der Waals surface area contributed by atoms with Gasteiger partial charge in [0.05, 0.1) is 24.6 Å². The number of aromatic nitrogens is 2. The molecule has 1 aromatic heterocycles. The molecule has 21 heavy (non-hydrogen) atoms. The smallest absolute Gasteiger partial charge is 0.150 e. The van der Waals surface area contributed by atoms with E-state index in [0.29, 0.717) is 12.6 Å². The van der Waals surface area contributed by atoms with Crippen molar-refractivity contribution in [3.05, 3.63) is 53.6 Å². The molecule has 1 fully saturated rings. The Morgan fingerprint density at radius 2 is 2.05 bits per heavy atom. The molecular formula is C17H20N4. The third-order valence-electron chi connectivity index (χ3n) is 4.24. The summed E-state index contributed by atoms with van der Waals surface area (Å²) in [5.74, 6) is 0. The summed E-state index contributed by atoms with van der Waals surface area (Å²) in [6.45, 7) is 4.62. The van der Waals surface area contributed by atoms with Gasteiger partial charge in [0, 0.05) is 11.7 Å². The molecule has 2 aromatic rings. The van der Waals surface area contributed by atoms with Gasteiger partial charge in [0.2, 0.25) is 0 Å². The standard InChI is InChI=1S/C17H20N4/c1-13-14(2)21(12-19-13)11-17(10-18,20-16-8-9-16)15-6-4-3-5-7-15/h3-7,12,16,20H,8-9,11H2,1-2H3. The van der Waals surface area contributed by atoms with E-state index in [4.69, 9.17) is 0 Å². The maximum Gasteiger partial charge on any atom is 0.150 e. The van der Waals surface area contributed by atoms with Crippen LogP contribution in [0, 0.1) is 25.2 Å². The van der Waals surface area contributed by atoms with Gasteiger partial charge >= 0.3 is 0 Å². The van der Waals surface area contributed by atoms with Crippen molar-refractivity contribution < 1.29 is 0 Å². The zero-order valence-electron chi connectivity index (χ0n) is 12.5. The van der Waals surface area contributed by atoms with Gasteiger partial charge in [-0.15, -0.1) is 0 Å². The van der Waals surface area contributed by atoms with Crippen molar-refractivity contribution in [1.82, 2.24) is 14.9 Å². The number of hydrogen-bond donors (Lipinski definition) is 1. The normalized spacial score (nSPS) is 17.2. The van der Waals surface area contributed by atoms with Gasteiger partial charge in [-0.1, -0.05) is 30.3 Å². The number of nitrogens with zero attached hydrogens (tertiary/aromatic N) is 3. The van der Waals surface area contributed by atoms with Crippen LogP contribution in [0.1, 0.15) is 29.8 Å². The van der Waals surface area contributed by atoms with E-state index >= 15 is 0 Å². The van der Waals surface area contributed by atoms with Crippen molar-refractivity contribution in [2.24, 2.45) is 0 Å². The summed E-state index contributed by atoms with van der Waals surface area (Å²) < 4.78 is 2.07. The highest BCUT2D eigenvalue weighted by molar-refractivity contribution is 5.32. The summed E-state index contributed by atoms with van der Waals surface area (Å²) in [4.78, 5) is 4.35. The largest absolute Gasteiger partial charge is 0.331 e. The Labute approximate surface area is 125 Å². The number of benzene rings is 1. The van der Waals surface area contributed by atoms with Crippen molar-refractivity contribution in [1.29, 1.82) is 5.26 Å². The molecular weight excluding hydrogens is 260 g/mol. The van der Waals surface area contributed by atoms with Crippen LogP contribution in [0.2, 0.25) is 0 Å². The number of nitrogens with one attached hydrogen (secondary N) is 1. The third-order valence-corrected chi connectivity index (χ3v) is 4.24. The van der Waals surface area contributed by atoms with E-state index in [0.717, 1.165) is 29.8 Å². The second kappa shape index (κ2) is 5.34. The van der Waals surface area contributed by atoms with Gasteiger partial charge in [-0.05, 0) is 32.3 Å². The monoisotopic (exact) mass is 280 g/mol. The molecule has 0 bridgehead atoms. The van der Waals surface area contributed by atoms with Crippen molar-refractivity contribution in [3.8, 4) is 6.07 Å². The Hall–Kier alpha value is -2.12. The number of hydrogen-bond acceptors (Lipinski definition) is 3. The first-order valence-electron chi connectivity index (χ1n) is 7.37. The van der Waals surface area contributed by atoms with E-state index in [1.54, 1.807) is 0 Å². The number of aryl methyl sites for hydroxylation is 1. The highest BCUT2D eigenvalue weighted by atomic mass is 15.1. The Morgan fingerprint density at radius 3 is 2.57 bits per heavy atom. The van der Waals surface area contributed by atoms with Crippen LogP contribution < -0.4 is 5.32 Å². The van der Waals surface area contributed by atoms with Crippen molar-refractivity contribution in [2.45, 2.75) is 44.8 Å². The van der Waals surface area contributed by atoms with Gasteiger partial charge in [-0.3, -0.25) is 5.32 Å². The van der Waals surface area contributed by atoms with Gasteiger partial charge < -0.3 is 4.57 Å². The molecule has 0 radical (unpaired) electrons. The first-order valence-corrected chi connectivity index (χ1v) is 7.37. The summed E-state index contributed by atoms with van der Waals surface area (Å²) in [7, 11) is 0. The third kappa shape index (κ3) is 2.70. The highest BCUT2D eigenvalue weighted by Crippen LogP contribution is 2.30. The van der Waals surface area contributed by atoms with E-state index in [1.807, 2.05) is 50.5 Å². The van der Waals surface area contributed by atoms with Crippen LogP contribution in [-0.2, 0) is 12.1 Å². The molecule has 1 heterocycles. The first-order chi connectivity index (χ1) is 10.1. The van der Waals surface area contributed by atoms with Crippen LogP contribution in [-0.4, -0.2) is 15.6 Å². The summed E-state index contributed by atoms with van der Waals surface area (Å²) in [5, 5.41) is 13.5. The van der Waals surface area contributed by atoms with E-state index in [1.165, 1.54) is 0 Å². The van der Waals surface area contributed by atoms with E-state index < -0.39 is 5.54 Å². The Bertz CT molecular complexity index is 664. The minimum atomic E-state index is -0.694. The van der Waals surface area contributed by atoms with Gasteiger partial charge in [-0.25, -0.2) is 4.98 Å². The van der Waals surface area contributed by atoms with Crippen LogP contribution in [0.3, 0.4) is 0 Å². The zero-order valence-corrected chi connectivity index (χ0v) is 12.5. The van der Waals surface area contributed by atoms with Crippen LogP contribution in [0.5, 0.6) is 0 Å². The molecule has 0 amide bonds. The molecule has 1 aromatic carbocycles. The predicted octanol–water partition coefficient (Wildman–Crippen LogP) is 2.67. The molecule has 3 rings (SSSR count). The minimum absolute atomic E-state index is 0.454. The van der Waals surface area contributed by atoms with Gasteiger partial charge in [0.25, 0.3) is 0 Å². The Morgan fingerprint density at radius 1 is 1.33 bits per heavy atom. The van der Waals surface area contributed by atoms with Crippen LogP contribution in [0.4, 0.5) is 0 Å². The molecule has 108 valence electrons. The highest BCUT2D eigenvalue weighted by Gasteiger charge is 2.38.